The quantitative estimate of drug-likeness (QED) is 0.691. The number of carbonyl (C=O) groups excluding carboxylic acids is 1. The summed E-state index contributed by atoms with van der Waals surface area (Å²) < 4.78 is 11.4. The highest BCUT2D eigenvalue weighted by atomic mass is 16.5. The van der Waals surface area contributed by atoms with Gasteiger partial charge >= 0.3 is 0 Å². The molecular formula is C21H22N4O3. The summed E-state index contributed by atoms with van der Waals surface area (Å²) in [5.41, 5.74) is 2.14. The van der Waals surface area contributed by atoms with E-state index in [0.29, 0.717) is 48.3 Å². The summed E-state index contributed by atoms with van der Waals surface area (Å²) in [6.45, 7) is 4.03. The van der Waals surface area contributed by atoms with Gasteiger partial charge in [-0.2, -0.15) is 0 Å². The Morgan fingerprint density at radius 3 is 2.93 bits per heavy atom. The third-order valence-corrected chi connectivity index (χ3v) is 4.70. The van der Waals surface area contributed by atoms with Crippen LogP contribution in [0.3, 0.4) is 0 Å². The number of aliphatic imine (C=N–C) groups is 2. The van der Waals surface area contributed by atoms with Crippen LogP contribution in [-0.4, -0.2) is 54.1 Å². The van der Waals surface area contributed by atoms with Crippen molar-refractivity contribution < 1.29 is 14.3 Å². The number of fused-ring (bicyclic) bond motifs is 3. The molecule has 0 unspecified atom stereocenters. The molecule has 1 aromatic carbocycles. The Balaban J connectivity index is 1.74. The van der Waals surface area contributed by atoms with Crippen molar-refractivity contribution in [3.8, 4) is 11.5 Å². The third kappa shape index (κ3) is 3.24. The Morgan fingerprint density at radius 1 is 1.29 bits per heavy atom. The smallest absolute Gasteiger partial charge is 0.187 e. The maximum absolute atomic E-state index is 12.7. The molecule has 0 atom stereocenters. The highest BCUT2D eigenvalue weighted by Crippen LogP contribution is 2.43. The van der Waals surface area contributed by atoms with Crippen LogP contribution in [0, 0.1) is 0 Å². The molecule has 0 radical (unpaired) electrons. The maximum Gasteiger partial charge on any atom is 0.187 e. The lowest BCUT2D eigenvalue weighted by atomic mass is 10.0. The number of amidine groups is 2. The van der Waals surface area contributed by atoms with E-state index in [-0.39, 0.29) is 12.2 Å². The minimum absolute atomic E-state index is 0.0288. The first-order valence-corrected chi connectivity index (χ1v) is 9.40. The zero-order chi connectivity index (χ0) is 19.5. The van der Waals surface area contributed by atoms with Crippen molar-refractivity contribution in [2.24, 2.45) is 9.98 Å². The highest BCUT2D eigenvalue weighted by molar-refractivity contribution is 6.21. The van der Waals surface area contributed by atoms with Gasteiger partial charge in [0.25, 0.3) is 0 Å². The van der Waals surface area contributed by atoms with Crippen molar-refractivity contribution in [3.63, 3.8) is 0 Å². The van der Waals surface area contributed by atoms with Crippen LogP contribution in [0.1, 0.15) is 35.7 Å². The van der Waals surface area contributed by atoms with Crippen molar-refractivity contribution in [2.75, 3.05) is 26.8 Å². The molecular weight excluding hydrogens is 356 g/mol. The van der Waals surface area contributed by atoms with E-state index >= 15 is 0 Å². The van der Waals surface area contributed by atoms with Crippen LogP contribution in [0.5, 0.6) is 11.5 Å². The number of nitrogens with zero attached hydrogens (tertiary/aromatic N) is 4. The molecule has 7 nitrogen and oxygen atoms in total. The molecule has 2 aliphatic heterocycles. The third-order valence-electron chi connectivity index (χ3n) is 4.70. The highest BCUT2D eigenvalue weighted by Gasteiger charge is 2.33. The van der Waals surface area contributed by atoms with E-state index in [1.54, 1.807) is 31.6 Å². The molecule has 0 saturated carbocycles. The normalized spacial score (nSPS) is 14.7. The zero-order valence-corrected chi connectivity index (χ0v) is 16.0. The van der Waals surface area contributed by atoms with Gasteiger partial charge in [-0.05, 0) is 30.7 Å². The lowest BCUT2D eigenvalue weighted by molar-refractivity contribution is 0.0998. The van der Waals surface area contributed by atoms with E-state index in [2.05, 4.69) is 16.9 Å². The van der Waals surface area contributed by atoms with Crippen molar-refractivity contribution in [2.45, 2.75) is 19.8 Å². The number of methoxy groups -OCH3 is 1. The zero-order valence-electron chi connectivity index (χ0n) is 16.0. The molecule has 0 aliphatic carbocycles. The number of benzene rings is 1. The first-order valence-electron chi connectivity index (χ1n) is 9.40. The number of carbonyl (C=O) groups is 1. The number of rotatable bonds is 7. The summed E-state index contributed by atoms with van der Waals surface area (Å²) in [6.07, 6.45) is 4.30. The van der Waals surface area contributed by atoms with Crippen LogP contribution in [0.15, 0.2) is 46.6 Å². The molecule has 4 rings (SSSR count). The van der Waals surface area contributed by atoms with Crippen molar-refractivity contribution in [1.82, 2.24) is 9.88 Å². The van der Waals surface area contributed by atoms with Gasteiger partial charge in [0.2, 0.25) is 0 Å². The molecule has 0 bridgehead atoms. The van der Waals surface area contributed by atoms with E-state index < -0.39 is 0 Å². The lowest BCUT2D eigenvalue weighted by Gasteiger charge is -2.28. The number of hydrogen-bond donors (Lipinski definition) is 0. The van der Waals surface area contributed by atoms with E-state index in [9.17, 15) is 4.79 Å². The predicted octanol–water partition coefficient (Wildman–Crippen LogP) is 3.26. The fraction of sp³-hybridized carbons (Fsp3) is 0.333. The van der Waals surface area contributed by atoms with Crippen molar-refractivity contribution in [1.29, 1.82) is 0 Å². The Morgan fingerprint density at radius 2 is 2.18 bits per heavy atom. The minimum Gasteiger partial charge on any atom is -0.491 e. The molecule has 7 heteroatoms. The second kappa shape index (κ2) is 7.80. The van der Waals surface area contributed by atoms with Gasteiger partial charge in [0.05, 0.1) is 26.7 Å². The first kappa shape index (κ1) is 18.2. The Bertz CT molecular complexity index is 954. The lowest BCUT2D eigenvalue weighted by Crippen LogP contribution is -2.38. The average Bonchev–Trinajstić information content (AvgIpc) is 3.23. The summed E-state index contributed by atoms with van der Waals surface area (Å²) in [5, 5.41) is 0. The fourth-order valence-electron chi connectivity index (χ4n) is 3.39. The number of aromatic nitrogens is 1. The number of ketones is 1. The molecule has 1 aromatic heterocycles. The van der Waals surface area contributed by atoms with Gasteiger partial charge in [-0.15, -0.1) is 0 Å². The van der Waals surface area contributed by atoms with Crippen LogP contribution in [-0.2, 0) is 0 Å². The van der Waals surface area contributed by atoms with Crippen LogP contribution in [0.2, 0.25) is 0 Å². The van der Waals surface area contributed by atoms with E-state index in [0.717, 1.165) is 17.8 Å². The molecule has 0 spiro atoms. The van der Waals surface area contributed by atoms with Gasteiger partial charge < -0.3 is 14.4 Å². The molecule has 0 saturated heterocycles. The summed E-state index contributed by atoms with van der Waals surface area (Å²) in [7, 11) is 1.60. The van der Waals surface area contributed by atoms with E-state index in [1.807, 2.05) is 17.0 Å². The molecule has 28 heavy (non-hydrogen) atoms. The Labute approximate surface area is 163 Å². The summed E-state index contributed by atoms with van der Waals surface area (Å²) in [6, 6.07) is 7.38. The second-order valence-electron chi connectivity index (χ2n) is 6.57. The monoisotopic (exact) mass is 378 g/mol. The Kier molecular flexibility index (Phi) is 5.06. The second-order valence-corrected chi connectivity index (χ2v) is 6.57. The first-order chi connectivity index (χ1) is 13.7. The van der Waals surface area contributed by atoms with Gasteiger partial charge in [-0.1, -0.05) is 6.92 Å². The molecule has 144 valence electrons. The molecule has 2 aromatic rings. The Hall–Kier alpha value is -3.22. The summed E-state index contributed by atoms with van der Waals surface area (Å²) in [4.78, 5) is 28.2. The number of Topliss-reactive ketones (excluding diaryl/α,β-unsaturated/α-hetero) is 1. The standard InChI is InChI=1S/C21H22N4O3/c1-3-11-28-17-7-6-15-19(20(17)27-2)24-18(25-10-9-23-21(15)25)12-16(26)14-5-4-8-22-13-14/h4-8,13H,3,9-12H2,1-2H3. The van der Waals surface area contributed by atoms with Crippen molar-refractivity contribution in [3.05, 3.63) is 47.8 Å². The van der Waals surface area contributed by atoms with Gasteiger partial charge in [-0.25, -0.2) is 4.99 Å². The van der Waals surface area contributed by atoms with Gasteiger partial charge in [-0.3, -0.25) is 14.8 Å². The fourth-order valence-corrected chi connectivity index (χ4v) is 3.39. The molecule has 0 fully saturated rings. The average molecular weight is 378 g/mol. The molecule has 0 N–H and O–H groups in total. The summed E-state index contributed by atoms with van der Waals surface area (Å²) >= 11 is 0. The number of ether oxygens (including phenoxy) is 2. The topological polar surface area (TPSA) is 76.4 Å². The maximum atomic E-state index is 12.7. The van der Waals surface area contributed by atoms with Crippen LogP contribution >= 0.6 is 0 Å². The van der Waals surface area contributed by atoms with Crippen molar-refractivity contribution >= 4 is 23.1 Å². The predicted molar refractivity (Wildman–Crippen MR) is 107 cm³/mol. The van der Waals surface area contributed by atoms with Crippen LogP contribution in [0.25, 0.3) is 0 Å². The van der Waals surface area contributed by atoms with Gasteiger partial charge in [0.1, 0.15) is 17.4 Å². The van der Waals surface area contributed by atoms with Gasteiger partial charge in [0.15, 0.2) is 17.3 Å². The molecule has 2 aliphatic rings. The van der Waals surface area contributed by atoms with Gasteiger partial charge in [0, 0.05) is 30.1 Å². The minimum atomic E-state index is -0.0288. The van der Waals surface area contributed by atoms with Crippen LogP contribution < -0.4 is 9.47 Å². The summed E-state index contributed by atoms with van der Waals surface area (Å²) in [5.74, 6) is 2.70. The van der Waals surface area contributed by atoms with E-state index in [1.165, 1.54) is 0 Å². The molecule has 0 amide bonds. The molecule has 3 heterocycles. The van der Waals surface area contributed by atoms with Crippen LogP contribution in [0.4, 0.5) is 5.69 Å². The number of hydrogen-bond acceptors (Lipinski definition) is 7. The van der Waals surface area contributed by atoms with E-state index in [4.69, 9.17) is 14.5 Å². The number of pyridine rings is 1. The SMILES string of the molecule is CCCOc1ccc2c(c1OC)N=C(CC(=O)c1cccnc1)N1CCN=C21. The largest absolute Gasteiger partial charge is 0.491 e.